The van der Waals surface area contributed by atoms with Crippen molar-refractivity contribution in [1.29, 1.82) is 0 Å². The van der Waals surface area contributed by atoms with Gasteiger partial charge < -0.3 is 15.0 Å². The van der Waals surface area contributed by atoms with Crippen LogP contribution in [0.2, 0.25) is 0 Å². The fraction of sp³-hybridized carbons (Fsp3) is 0.545. The summed E-state index contributed by atoms with van der Waals surface area (Å²) in [5.74, 6) is 0.546. The quantitative estimate of drug-likeness (QED) is 0.766. The van der Waals surface area contributed by atoms with Crippen LogP contribution in [0.5, 0.6) is 0 Å². The molecule has 1 atom stereocenters. The standard InChI is InChI=1S/C11H16N4O2/c1-8-3-4-13-11(14-8)15-5-6-17-9(7-15)10(16)12-2/h3-4,9H,5-7H2,1-2H3,(H,12,16)/t9-/m0/s1. The maximum Gasteiger partial charge on any atom is 0.250 e. The number of aromatic nitrogens is 2. The van der Waals surface area contributed by atoms with Gasteiger partial charge in [0.05, 0.1) is 13.2 Å². The van der Waals surface area contributed by atoms with Crippen molar-refractivity contribution in [2.45, 2.75) is 13.0 Å². The molecule has 92 valence electrons. The normalized spacial score (nSPS) is 20.1. The lowest BCUT2D eigenvalue weighted by Crippen LogP contribution is -2.49. The number of carbonyl (C=O) groups is 1. The Morgan fingerprint density at radius 1 is 1.65 bits per heavy atom. The lowest BCUT2D eigenvalue weighted by molar-refractivity contribution is -0.132. The number of likely N-dealkylation sites (N-methyl/N-ethyl adjacent to an activating group) is 1. The number of nitrogens with one attached hydrogen (secondary N) is 1. The van der Waals surface area contributed by atoms with Crippen LogP contribution in [0.4, 0.5) is 5.95 Å². The van der Waals surface area contributed by atoms with E-state index in [1.54, 1.807) is 13.2 Å². The van der Waals surface area contributed by atoms with Crippen LogP contribution in [0.1, 0.15) is 5.69 Å². The van der Waals surface area contributed by atoms with Crippen molar-refractivity contribution in [3.63, 3.8) is 0 Å². The van der Waals surface area contributed by atoms with Gasteiger partial charge in [0.2, 0.25) is 5.95 Å². The molecular formula is C11H16N4O2. The predicted molar refractivity (Wildman–Crippen MR) is 62.8 cm³/mol. The summed E-state index contributed by atoms with van der Waals surface area (Å²) in [5, 5.41) is 2.59. The molecule has 0 aromatic carbocycles. The van der Waals surface area contributed by atoms with Gasteiger partial charge in [-0.3, -0.25) is 4.79 Å². The Bertz CT molecular complexity index is 410. The van der Waals surface area contributed by atoms with Crippen LogP contribution in [0.3, 0.4) is 0 Å². The molecule has 0 bridgehead atoms. The molecular weight excluding hydrogens is 220 g/mol. The predicted octanol–water partition coefficient (Wildman–Crippen LogP) is -0.264. The third-order valence-electron chi connectivity index (χ3n) is 2.67. The fourth-order valence-electron chi connectivity index (χ4n) is 1.74. The van der Waals surface area contributed by atoms with E-state index in [-0.39, 0.29) is 5.91 Å². The van der Waals surface area contributed by atoms with Gasteiger partial charge in [0, 0.05) is 25.5 Å². The van der Waals surface area contributed by atoms with E-state index in [9.17, 15) is 4.79 Å². The molecule has 1 amide bonds. The van der Waals surface area contributed by atoms with Crippen molar-refractivity contribution in [1.82, 2.24) is 15.3 Å². The molecule has 17 heavy (non-hydrogen) atoms. The first-order chi connectivity index (χ1) is 8.20. The maximum absolute atomic E-state index is 11.5. The number of ether oxygens (including phenoxy) is 1. The molecule has 1 N–H and O–H groups in total. The SMILES string of the molecule is CNC(=O)[C@@H]1CN(c2nccc(C)n2)CCO1. The van der Waals surface area contributed by atoms with Crippen molar-refractivity contribution < 1.29 is 9.53 Å². The van der Waals surface area contributed by atoms with Gasteiger partial charge in [0.15, 0.2) is 6.10 Å². The number of carbonyl (C=O) groups excluding carboxylic acids is 1. The lowest BCUT2D eigenvalue weighted by Gasteiger charge is -2.31. The van der Waals surface area contributed by atoms with Crippen molar-refractivity contribution in [3.8, 4) is 0 Å². The molecule has 0 radical (unpaired) electrons. The highest BCUT2D eigenvalue weighted by molar-refractivity contribution is 5.81. The minimum atomic E-state index is -0.446. The Hall–Kier alpha value is -1.69. The fourth-order valence-corrected chi connectivity index (χ4v) is 1.74. The highest BCUT2D eigenvalue weighted by Crippen LogP contribution is 2.12. The Kier molecular flexibility index (Phi) is 3.53. The lowest BCUT2D eigenvalue weighted by atomic mass is 10.2. The monoisotopic (exact) mass is 236 g/mol. The minimum absolute atomic E-state index is 0.109. The molecule has 1 aromatic heterocycles. The van der Waals surface area contributed by atoms with E-state index in [4.69, 9.17) is 4.74 Å². The van der Waals surface area contributed by atoms with Crippen LogP contribution in [0.25, 0.3) is 0 Å². The second-order valence-corrected chi connectivity index (χ2v) is 3.92. The van der Waals surface area contributed by atoms with Gasteiger partial charge in [-0.15, -0.1) is 0 Å². The van der Waals surface area contributed by atoms with Gasteiger partial charge in [-0.05, 0) is 13.0 Å². The summed E-state index contributed by atoms with van der Waals surface area (Å²) in [7, 11) is 1.60. The summed E-state index contributed by atoms with van der Waals surface area (Å²) < 4.78 is 5.40. The van der Waals surface area contributed by atoms with E-state index < -0.39 is 6.10 Å². The summed E-state index contributed by atoms with van der Waals surface area (Å²) in [6.45, 7) is 3.62. The van der Waals surface area contributed by atoms with Crippen molar-refractivity contribution >= 4 is 11.9 Å². The van der Waals surface area contributed by atoms with Gasteiger partial charge in [0.1, 0.15) is 0 Å². The Labute approximate surface area is 100 Å². The molecule has 0 aliphatic carbocycles. The van der Waals surface area contributed by atoms with E-state index >= 15 is 0 Å². The van der Waals surface area contributed by atoms with Crippen LogP contribution in [0, 0.1) is 6.92 Å². The zero-order valence-corrected chi connectivity index (χ0v) is 10.0. The van der Waals surface area contributed by atoms with Crippen molar-refractivity contribution in [2.24, 2.45) is 0 Å². The topological polar surface area (TPSA) is 67.4 Å². The van der Waals surface area contributed by atoms with Gasteiger partial charge in [-0.1, -0.05) is 0 Å². The molecule has 1 aliphatic heterocycles. The molecule has 1 aliphatic rings. The van der Waals surface area contributed by atoms with Crippen LogP contribution in [-0.2, 0) is 9.53 Å². The van der Waals surface area contributed by atoms with E-state index in [1.165, 1.54) is 0 Å². The summed E-state index contributed by atoms with van der Waals surface area (Å²) in [6.07, 6.45) is 1.28. The van der Waals surface area contributed by atoms with E-state index in [2.05, 4.69) is 15.3 Å². The number of aryl methyl sites for hydroxylation is 1. The van der Waals surface area contributed by atoms with E-state index in [0.717, 1.165) is 5.69 Å². The summed E-state index contributed by atoms with van der Waals surface area (Å²) in [6, 6.07) is 1.85. The molecule has 0 unspecified atom stereocenters. The Morgan fingerprint density at radius 3 is 3.18 bits per heavy atom. The molecule has 2 rings (SSSR count). The van der Waals surface area contributed by atoms with Gasteiger partial charge in [-0.25, -0.2) is 9.97 Å². The zero-order chi connectivity index (χ0) is 12.3. The highest BCUT2D eigenvalue weighted by atomic mass is 16.5. The molecule has 1 aromatic rings. The number of hydrogen-bond acceptors (Lipinski definition) is 5. The first kappa shape index (κ1) is 11.8. The Balaban J connectivity index is 2.09. The molecule has 0 saturated carbocycles. The zero-order valence-electron chi connectivity index (χ0n) is 10.0. The van der Waals surface area contributed by atoms with E-state index in [0.29, 0.717) is 25.6 Å². The number of amides is 1. The third-order valence-corrected chi connectivity index (χ3v) is 2.67. The maximum atomic E-state index is 11.5. The summed E-state index contributed by atoms with van der Waals surface area (Å²) >= 11 is 0. The number of anilines is 1. The third kappa shape index (κ3) is 2.71. The first-order valence-corrected chi connectivity index (χ1v) is 5.58. The van der Waals surface area contributed by atoms with E-state index in [1.807, 2.05) is 17.9 Å². The smallest absolute Gasteiger partial charge is 0.250 e. The molecule has 1 saturated heterocycles. The van der Waals surface area contributed by atoms with Crippen LogP contribution in [0.15, 0.2) is 12.3 Å². The second kappa shape index (κ2) is 5.09. The van der Waals surface area contributed by atoms with Crippen LogP contribution < -0.4 is 10.2 Å². The molecule has 0 spiro atoms. The second-order valence-electron chi connectivity index (χ2n) is 3.92. The number of rotatable bonds is 2. The Morgan fingerprint density at radius 2 is 2.47 bits per heavy atom. The average molecular weight is 236 g/mol. The molecule has 6 heteroatoms. The molecule has 6 nitrogen and oxygen atoms in total. The van der Waals surface area contributed by atoms with Gasteiger partial charge in [-0.2, -0.15) is 0 Å². The van der Waals surface area contributed by atoms with Crippen LogP contribution >= 0.6 is 0 Å². The molecule has 1 fully saturated rings. The largest absolute Gasteiger partial charge is 0.365 e. The summed E-state index contributed by atoms with van der Waals surface area (Å²) in [5.41, 5.74) is 0.915. The first-order valence-electron chi connectivity index (χ1n) is 5.58. The minimum Gasteiger partial charge on any atom is -0.365 e. The number of hydrogen-bond donors (Lipinski definition) is 1. The van der Waals surface area contributed by atoms with Crippen molar-refractivity contribution in [2.75, 3.05) is 31.6 Å². The van der Waals surface area contributed by atoms with Crippen molar-refractivity contribution in [3.05, 3.63) is 18.0 Å². The highest BCUT2D eigenvalue weighted by Gasteiger charge is 2.27. The van der Waals surface area contributed by atoms with Gasteiger partial charge in [0.25, 0.3) is 5.91 Å². The average Bonchev–Trinajstić information content (AvgIpc) is 2.38. The van der Waals surface area contributed by atoms with Gasteiger partial charge >= 0.3 is 0 Å². The van der Waals surface area contributed by atoms with Crippen LogP contribution in [-0.4, -0.2) is 48.7 Å². The summed E-state index contributed by atoms with van der Waals surface area (Å²) in [4.78, 5) is 22.0. The molecule has 2 heterocycles. The number of morpholine rings is 1. The number of nitrogens with zero attached hydrogens (tertiary/aromatic N) is 3.